The molecule has 4 nitrogen and oxygen atoms in total. The summed E-state index contributed by atoms with van der Waals surface area (Å²) in [7, 11) is 1.80. The predicted molar refractivity (Wildman–Crippen MR) is 69.3 cm³/mol. The first-order chi connectivity index (χ1) is 9.00. The first-order valence-corrected chi connectivity index (χ1v) is 5.99. The van der Waals surface area contributed by atoms with E-state index >= 15 is 0 Å². The lowest BCUT2D eigenvalue weighted by molar-refractivity contribution is -0.136. The molecule has 0 unspecified atom stereocenters. The van der Waals surface area contributed by atoms with E-state index in [0.29, 0.717) is 23.5 Å². The van der Waals surface area contributed by atoms with Crippen molar-refractivity contribution < 1.29 is 14.3 Å². The third-order valence-corrected chi connectivity index (χ3v) is 3.17. The van der Waals surface area contributed by atoms with Crippen LogP contribution in [-0.4, -0.2) is 20.6 Å². The number of aromatic nitrogens is 2. The van der Waals surface area contributed by atoms with Crippen molar-refractivity contribution in [3.05, 3.63) is 41.5 Å². The van der Waals surface area contributed by atoms with Crippen LogP contribution in [0.1, 0.15) is 17.8 Å². The summed E-state index contributed by atoms with van der Waals surface area (Å²) in [6.07, 6.45) is 0.373. The number of nitrogens with zero attached hydrogens (tertiary/aromatic N) is 2. The Labute approximate surface area is 110 Å². The van der Waals surface area contributed by atoms with Gasteiger partial charge in [-0.1, -0.05) is 12.1 Å². The van der Waals surface area contributed by atoms with Crippen LogP contribution >= 0.6 is 0 Å². The Bertz CT molecular complexity index is 620. The minimum absolute atomic E-state index is 0.0224. The van der Waals surface area contributed by atoms with Gasteiger partial charge in [-0.25, -0.2) is 9.37 Å². The topological polar surface area (TPSA) is 55.1 Å². The smallest absolute Gasteiger partial charge is 0.303 e. The molecule has 0 amide bonds. The zero-order chi connectivity index (χ0) is 14.0. The molecule has 0 saturated carbocycles. The molecule has 1 aromatic carbocycles. The molecule has 0 atom stereocenters. The van der Waals surface area contributed by atoms with Crippen molar-refractivity contribution in [2.24, 2.45) is 7.05 Å². The maximum atomic E-state index is 13.8. The van der Waals surface area contributed by atoms with Crippen molar-refractivity contribution >= 4 is 5.97 Å². The molecule has 1 N–H and O–H groups in total. The second-order valence-corrected chi connectivity index (χ2v) is 4.40. The molecule has 0 radical (unpaired) electrons. The molecule has 0 bridgehead atoms. The maximum absolute atomic E-state index is 13.8. The number of rotatable bonds is 4. The van der Waals surface area contributed by atoms with Crippen LogP contribution in [-0.2, 0) is 18.3 Å². The van der Waals surface area contributed by atoms with Crippen LogP contribution in [0.3, 0.4) is 0 Å². The number of aliphatic carboxylic acids is 1. The molecule has 19 heavy (non-hydrogen) atoms. The molecule has 0 fully saturated rings. The average molecular weight is 262 g/mol. The highest BCUT2D eigenvalue weighted by Crippen LogP contribution is 2.24. The van der Waals surface area contributed by atoms with Crippen molar-refractivity contribution in [2.45, 2.75) is 19.8 Å². The predicted octanol–water partition coefficient (Wildman–Crippen LogP) is 2.55. The highest BCUT2D eigenvalue weighted by molar-refractivity contribution is 5.67. The molecule has 0 aliphatic carbocycles. The first kappa shape index (κ1) is 13.3. The zero-order valence-electron chi connectivity index (χ0n) is 10.9. The Balaban J connectivity index is 2.40. The van der Waals surface area contributed by atoms with Gasteiger partial charge in [0, 0.05) is 19.2 Å². The van der Waals surface area contributed by atoms with Gasteiger partial charge in [-0.15, -0.1) is 0 Å². The Morgan fingerprint density at radius 3 is 2.74 bits per heavy atom. The third kappa shape index (κ3) is 2.65. The fourth-order valence-corrected chi connectivity index (χ4v) is 1.98. The van der Waals surface area contributed by atoms with Crippen molar-refractivity contribution in [1.29, 1.82) is 0 Å². The molecular formula is C14H15FN2O2. The molecule has 0 spiro atoms. The van der Waals surface area contributed by atoms with Gasteiger partial charge in [-0.05, 0) is 19.1 Å². The summed E-state index contributed by atoms with van der Waals surface area (Å²) in [5.74, 6) is -0.672. The minimum Gasteiger partial charge on any atom is -0.481 e. The Morgan fingerprint density at radius 1 is 1.42 bits per heavy atom. The van der Waals surface area contributed by atoms with Crippen LogP contribution in [0, 0.1) is 12.7 Å². The highest BCUT2D eigenvalue weighted by atomic mass is 19.1. The summed E-state index contributed by atoms with van der Waals surface area (Å²) >= 11 is 0. The lowest BCUT2D eigenvalue weighted by atomic mass is 10.2. The van der Waals surface area contributed by atoms with E-state index < -0.39 is 5.97 Å². The van der Waals surface area contributed by atoms with E-state index in [0.717, 1.165) is 5.69 Å². The van der Waals surface area contributed by atoms with Crippen molar-refractivity contribution in [2.75, 3.05) is 0 Å². The van der Waals surface area contributed by atoms with E-state index in [2.05, 4.69) is 4.98 Å². The van der Waals surface area contributed by atoms with Gasteiger partial charge in [-0.2, -0.15) is 0 Å². The van der Waals surface area contributed by atoms with E-state index in [-0.39, 0.29) is 12.2 Å². The molecule has 5 heteroatoms. The van der Waals surface area contributed by atoms with E-state index in [1.807, 2.05) is 6.92 Å². The van der Waals surface area contributed by atoms with Crippen LogP contribution < -0.4 is 0 Å². The Hall–Kier alpha value is -2.17. The molecule has 0 aliphatic heterocycles. The van der Waals surface area contributed by atoms with Gasteiger partial charge < -0.3 is 9.67 Å². The van der Waals surface area contributed by atoms with E-state index in [9.17, 15) is 9.18 Å². The van der Waals surface area contributed by atoms with E-state index in [4.69, 9.17) is 5.11 Å². The Kier molecular flexibility index (Phi) is 3.64. The largest absolute Gasteiger partial charge is 0.481 e. The minimum atomic E-state index is -0.863. The molecule has 1 aromatic heterocycles. The normalized spacial score (nSPS) is 10.7. The summed E-state index contributed by atoms with van der Waals surface area (Å²) in [5, 5.41) is 8.71. The van der Waals surface area contributed by atoms with Crippen LogP contribution in [0.5, 0.6) is 0 Å². The Morgan fingerprint density at radius 2 is 2.11 bits per heavy atom. The van der Waals surface area contributed by atoms with Crippen LogP contribution in [0.15, 0.2) is 24.3 Å². The first-order valence-electron chi connectivity index (χ1n) is 5.99. The van der Waals surface area contributed by atoms with Gasteiger partial charge in [0.25, 0.3) is 0 Å². The van der Waals surface area contributed by atoms with Crippen LogP contribution in [0.4, 0.5) is 4.39 Å². The number of carboxylic acids is 1. The number of hydrogen-bond donors (Lipinski definition) is 1. The fraction of sp³-hybridized carbons (Fsp3) is 0.286. The maximum Gasteiger partial charge on any atom is 0.303 e. The lowest BCUT2D eigenvalue weighted by Gasteiger charge is -2.03. The fourth-order valence-electron chi connectivity index (χ4n) is 1.98. The number of carbonyl (C=O) groups is 1. The highest BCUT2D eigenvalue weighted by Gasteiger charge is 2.15. The summed E-state index contributed by atoms with van der Waals surface area (Å²) in [5.41, 5.74) is 1.98. The summed E-state index contributed by atoms with van der Waals surface area (Å²) in [6.45, 7) is 1.86. The second-order valence-electron chi connectivity index (χ2n) is 4.40. The number of aryl methyl sites for hydroxylation is 1. The molecular weight excluding hydrogens is 247 g/mol. The molecule has 0 aliphatic rings. The molecule has 1 heterocycles. The molecule has 100 valence electrons. The van der Waals surface area contributed by atoms with Gasteiger partial charge in [-0.3, -0.25) is 4.79 Å². The van der Waals surface area contributed by atoms with Crippen LogP contribution in [0.25, 0.3) is 11.4 Å². The average Bonchev–Trinajstić information content (AvgIpc) is 2.65. The number of benzene rings is 1. The standard InChI is InChI=1S/C14H15FN2O2/c1-9-12(7-8-13(18)19)16-14(17(9)2)10-5-3-4-6-11(10)15/h3-6H,7-8H2,1-2H3,(H,18,19). The summed E-state index contributed by atoms with van der Waals surface area (Å²) < 4.78 is 15.6. The van der Waals surface area contributed by atoms with Crippen LogP contribution in [0.2, 0.25) is 0 Å². The van der Waals surface area contributed by atoms with E-state index in [1.54, 1.807) is 29.8 Å². The summed E-state index contributed by atoms with van der Waals surface area (Å²) in [4.78, 5) is 15.0. The van der Waals surface area contributed by atoms with Gasteiger partial charge >= 0.3 is 5.97 Å². The molecule has 2 rings (SSSR count). The molecule has 2 aromatic rings. The third-order valence-electron chi connectivity index (χ3n) is 3.17. The van der Waals surface area contributed by atoms with Gasteiger partial charge in [0.15, 0.2) is 0 Å². The monoisotopic (exact) mass is 262 g/mol. The van der Waals surface area contributed by atoms with Gasteiger partial charge in [0.05, 0.1) is 17.7 Å². The lowest BCUT2D eigenvalue weighted by Crippen LogP contribution is -1.99. The van der Waals surface area contributed by atoms with Crippen molar-refractivity contribution in [3.8, 4) is 11.4 Å². The summed E-state index contributed by atoms with van der Waals surface area (Å²) in [6, 6.07) is 6.42. The zero-order valence-corrected chi connectivity index (χ0v) is 10.9. The van der Waals surface area contributed by atoms with Gasteiger partial charge in [0.1, 0.15) is 11.6 Å². The molecule has 0 saturated heterocycles. The van der Waals surface area contributed by atoms with Gasteiger partial charge in [0.2, 0.25) is 0 Å². The number of carboxylic acid groups (broad SMARTS) is 1. The van der Waals surface area contributed by atoms with Crippen molar-refractivity contribution in [3.63, 3.8) is 0 Å². The quantitative estimate of drug-likeness (QED) is 0.921. The second kappa shape index (κ2) is 5.22. The number of imidazole rings is 1. The van der Waals surface area contributed by atoms with E-state index in [1.165, 1.54) is 6.07 Å². The SMILES string of the molecule is Cc1c(CCC(=O)O)nc(-c2ccccc2F)n1C. The van der Waals surface area contributed by atoms with Crippen molar-refractivity contribution in [1.82, 2.24) is 9.55 Å². The number of halogens is 1. The number of hydrogen-bond acceptors (Lipinski definition) is 2.